The van der Waals surface area contributed by atoms with Gasteiger partial charge < -0.3 is 19.5 Å². The number of carbonyl (C=O) groups is 2. The SMILES string of the molecule is COc1cccc(C2CC(=O)C3=C(C2)NC(=O)CC3c2cccc(OC)c2OC(C)C)c1. The van der Waals surface area contributed by atoms with Crippen LogP contribution in [0.3, 0.4) is 0 Å². The van der Waals surface area contributed by atoms with Crippen LogP contribution in [-0.4, -0.2) is 32.0 Å². The topological polar surface area (TPSA) is 73.9 Å². The van der Waals surface area contributed by atoms with Crippen LogP contribution in [0.2, 0.25) is 0 Å². The molecule has 2 aliphatic rings. The lowest BCUT2D eigenvalue weighted by atomic mass is 9.73. The third-order valence-corrected chi connectivity index (χ3v) is 6.06. The summed E-state index contributed by atoms with van der Waals surface area (Å²) in [6.07, 6.45) is 1.12. The van der Waals surface area contributed by atoms with Crippen LogP contribution in [0.15, 0.2) is 53.7 Å². The normalized spacial score (nSPS) is 20.7. The molecule has 1 N–H and O–H groups in total. The monoisotopic (exact) mass is 435 g/mol. The first kappa shape index (κ1) is 21.9. The molecular weight excluding hydrogens is 406 g/mol. The zero-order valence-electron chi connectivity index (χ0n) is 18.9. The molecule has 2 unspecified atom stereocenters. The third-order valence-electron chi connectivity index (χ3n) is 6.06. The van der Waals surface area contributed by atoms with E-state index in [-0.39, 0.29) is 36.1 Å². The molecule has 0 radical (unpaired) electrons. The summed E-state index contributed by atoms with van der Waals surface area (Å²) in [5, 5.41) is 2.98. The summed E-state index contributed by atoms with van der Waals surface area (Å²) in [6, 6.07) is 13.4. The molecule has 1 heterocycles. The van der Waals surface area contributed by atoms with Gasteiger partial charge in [-0.2, -0.15) is 0 Å². The Hall–Kier alpha value is -3.28. The molecule has 0 bridgehead atoms. The van der Waals surface area contributed by atoms with Crippen molar-refractivity contribution in [3.8, 4) is 17.2 Å². The fourth-order valence-electron chi connectivity index (χ4n) is 4.69. The van der Waals surface area contributed by atoms with Crippen molar-refractivity contribution in [2.75, 3.05) is 14.2 Å². The first-order valence-corrected chi connectivity index (χ1v) is 10.9. The molecule has 32 heavy (non-hydrogen) atoms. The molecule has 0 spiro atoms. The van der Waals surface area contributed by atoms with Crippen LogP contribution in [-0.2, 0) is 9.59 Å². The number of para-hydroxylation sites is 1. The van der Waals surface area contributed by atoms with E-state index in [0.717, 1.165) is 16.9 Å². The van der Waals surface area contributed by atoms with E-state index >= 15 is 0 Å². The smallest absolute Gasteiger partial charge is 0.225 e. The molecule has 1 aliphatic heterocycles. The minimum atomic E-state index is -0.360. The van der Waals surface area contributed by atoms with Crippen LogP contribution < -0.4 is 19.5 Å². The van der Waals surface area contributed by atoms with E-state index in [0.29, 0.717) is 35.6 Å². The number of amides is 1. The van der Waals surface area contributed by atoms with Gasteiger partial charge >= 0.3 is 0 Å². The molecule has 0 fully saturated rings. The van der Waals surface area contributed by atoms with Crippen molar-refractivity contribution >= 4 is 11.7 Å². The van der Waals surface area contributed by atoms with Crippen LogP contribution in [0.1, 0.15) is 56.1 Å². The number of nitrogens with one attached hydrogen (secondary N) is 1. The van der Waals surface area contributed by atoms with E-state index in [1.165, 1.54) is 0 Å². The number of ketones is 1. The summed E-state index contributed by atoms with van der Waals surface area (Å²) in [5.41, 5.74) is 3.25. The second-order valence-corrected chi connectivity index (χ2v) is 8.55. The van der Waals surface area contributed by atoms with Crippen molar-refractivity contribution in [1.82, 2.24) is 5.32 Å². The van der Waals surface area contributed by atoms with E-state index in [1.54, 1.807) is 14.2 Å². The molecule has 2 aromatic rings. The van der Waals surface area contributed by atoms with Gasteiger partial charge in [-0.1, -0.05) is 24.3 Å². The number of allylic oxidation sites excluding steroid dienone is 2. The van der Waals surface area contributed by atoms with Crippen LogP contribution in [0.5, 0.6) is 17.2 Å². The van der Waals surface area contributed by atoms with Crippen molar-refractivity contribution in [2.45, 2.75) is 51.0 Å². The Balaban J connectivity index is 1.75. The van der Waals surface area contributed by atoms with Crippen molar-refractivity contribution < 1.29 is 23.8 Å². The Labute approximate surface area is 188 Å². The number of hydrogen-bond acceptors (Lipinski definition) is 5. The van der Waals surface area contributed by atoms with Gasteiger partial charge in [0.05, 0.1) is 20.3 Å². The summed E-state index contributed by atoms with van der Waals surface area (Å²) >= 11 is 0. The summed E-state index contributed by atoms with van der Waals surface area (Å²) < 4.78 is 17.0. The number of hydrogen-bond donors (Lipinski definition) is 1. The number of rotatable bonds is 6. The highest BCUT2D eigenvalue weighted by Gasteiger charge is 2.39. The predicted octanol–water partition coefficient (Wildman–Crippen LogP) is 4.50. The average Bonchev–Trinajstić information content (AvgIpc) is 2.78. The van der Waals surface area contributed by atoms with Crippen LogP contribution in [0.4, 0.5) is 0 Å². The Bertz CT molecular complexity index is 1070. The number of carbonyl (C=O) groups excluding carboxylic acids is 2. The van der Waals surface area contributed by atoms with Crippen LogP contribution in [0.25, 0.3) is 0 Å². The third kappa shape index (κ3) is 4.22. The first-order valence-electron chi connectivity index (χ1n) is 10.9. The van der Waals surface area contributed by atoms with Crippen molar-refractivity contribution in [3.63, 3.8) is 0 Å². The molecule has 1 amide bonds. The second-order valence-electron chi connectivity index (χ2n) is 8.55. The van der Waals surface area contributed by atoms with Gasteiger partial charge in [-0.25, -0.2) is 0 Å². The highest BCUT2D eigenvalue weighted by Crippen LogP contribution is 2.47. The molecule has 2 atom stereocenters. The fraction of sp³-hybridized carbons (Fsp3) is 0.385. The summed E-state index contributed by atoms with van der Waals surface area (Å²) in [7, 11) is 3.22. The molecule has 6 heteroatoms. The van der Waals surface area contributed by atoms with Crippen molar-refractivity contribution in [1.29, 1.82) is 0 Å². The maximum absolute atomic E-state index is 13.4. The molecular formula is C26H29NO5. The Morgan fingerprint density at radius 2 is 1.75 bits per heavy atom. The Morgan fingerprint density at radius 3 is 2.47 bits per heavy atom. The summed E-state index contributed by atoms with van der Waals surface area (Å²) in [5.74, 6) is 1.55. The Kier molecular flexibility index (Phi) is 6.21. The van der Waals surface area contributed by atoms with Crippen molar-refractivity contribution in [2.24, 2.45) is 0 Å². The highest BCUT2D eigenvalue weighted by atomic mass is 16.5. The van der Waals surface area contributed by atoms with Gasteiger partial charge in [0.1, 0.15) is 5.75 Å². The predicted molar refractivity (Wildman–Crippen MR) is 121 cm³/mol. The average molecular weight is 436 g/mol. The lowest BCUT2D eigenvalue weighted by Crippen LogP contribution is -2.38. The molecule has 0 aromatic heterocycles. The number of methoxy groups -OCH3 is 2. The molecule has 2 aromatic carbocycles. The number of benzene rings is 2. The summed E-state index contributed by atoms with van der Waals surface area (Å²) in [6.45, 7) is 3.89. The molecule has 4 rings (SSSR count). The maximum atomic E-state index is 13.4. The van der Waals surface area contributed by atoms with Gasteiger partial charge in [0.2, 0.25) is 5.91 Å². The van der Waals surface area contributed by atoms with Gasteiger partial charge in [0.25, 0.3) is 0 Å². The zero-order valence-corrected chi connectivity index (χ0v) is 18.9. The maximum Gasteiger partial charge on any atom is 0.225 e. The molecule has 168 valence electrons. The number of Topliss-reactive ketones (excluding diaryl/α,β-unsaturated/α-hetero) is 1. The second kappa shape index (κ2) is 9.07. The van der Waals surface area contributed by atoms with Crippen LogP contribution in [0, 0.1) is 0 Å². The van der Waals surface area contributed by atoms with Crippen molar-refractivity contribution in [3.05, 3.63) is 64.9 Å². The van der Waals surface area contributed by atoms with E-state index in [2.05, 4.69) is 5.32 Å². The first-order chi connectivity index (χ1) is 15.4. The Morgan fingerprint density at radius 1 is 0.969 bits per heavy atom. The minimum absolute atomic E-state index is 0.00732. The van der Waals surface area contributed by atoms with Gasteiger partial charge in [-0.05, 0) is 49.9 Å². The quantitative estimate of drug-likeness (QED) is 0.723. The molecule has 1 aliphatic carbocycles. The van der Waals surface area contributed by atoms with E-state index in [4.69, 9.17) is 14.2 Å². The van der Waals surface area contributed by atoms with Gasteiger partial charge in [0.15, 0.2) is 17.3 Å². The number of ether oxygens (including phenoxy) is 3. The van der Waals surface area contributed by atoms with Gasteiger partial charge in [0, 0.05) is 35.6 Å². The zero-order chi connectivity index (χ0) is 22.8. The largest absolute Gasteiger partial charge is 0.497 e. The van der Waals surface area contributed by atoms with Crippen LogP contribution >= 0.6 is 0 Å². The van der Waals surface area contributed by atoms with E-state index in [1.807, 2.05) is 56.3 Å². The van der Waals surface area contributed by atoms with E-state index in [9.17, 15) is 9.59 Å². The fourth-order valence-corrected chi connectivity index (χ4v) is 4.69. The van der Waals surface area contributed by atoms with Gasteiger partial charge in [-0.15, -0.1) is 0 Å². The summed E-state index contributed by atoms with van der Waals surface area (Å²) in [4.78, 5) is 26.1. The molecule has 0 saturated carbocycles. The lowest BCUT2D eigenvalue weighted by molar-refractivity contribution is -0.122. The molecule has 6 nitrogen and oxygen atoms in total. The lowest BCUT2D eigenvalue weighted by Gasteiger charge is -2.35. The minimum Gasteiger partial charge on any atom is -0.497 e. The van der Waals surface area contributed by atoms with Gasteiger partial charge in [-0.3, -0.25) is 9.59 Å². The highest BCUT2D eigenvalue weighted by molar-refractivity contribution is 6.02. The standard InChI is InChI=1S/C26H29NO5/c1-15(2)32-26-19(9-6-10-23(26)31-4)20-14-24(29)27-21-12-17(13-22(28)25(20)21)16-7-5-8-18(11-16)30-3/h5-11,15,17,20H,12-14H2,1-4H3,(H,27,29). The van der Waals surface area contributed by atoms with E-state index < -0.39 is 0 Å². The molecule has 0 saturated heterocycles.